The summed E-state index contributed by atoms with van der Waals surface area (Å²) in [7, 11) is 0. The van der Waals surface area contributed by atoms with Crippen LogP contribution in [0.2, 0.25) is 0 Å². The van der Waals surface area contributed by atoms with Crippen LogP contribution < -0.4 is 4.90 Å². The molecule has 21 heavy (non-hydrogen) atoms. The van der Waals surface area contributed by atoms with Gasteiger partial charge in [-0.3, -0.25) is 4.79 Å². The van der Waals surface area contributed by atoms with Gasteiger partial charge in [0.25, 0.3) is 0 Å². The van der Waals surface area contributed by atoms with Gasteiger partial charge in [-0.25, -0.2) is 4.39 Å². The number of rotatable bonds is 3. The summed E-state index contributed by atoms with van der Waals surface area (Å²) >= 11 is 3.31. The van der Waals surface area contributed by atoms with E-state index < -0.39 is 0 Å². The molecule has 0 amide bonds. The summed E-state index contributed by atoms with van der Waals surface area (Å²) < 4.78 is 14.1. The van der Waals surface area contributed by atoms with Crippen molar-refractivity contribution in [1.82, 2.24) is 0 Å². The quantitative estimate of drug-likeness (QED) is 0.769. The van der Waals surface area contributed by atoms with Gasteiger partial charge in [0.2, 0.25) is 0 Å². The predicted molar refractivity (Wildman–Crippen MR) is 85.3 cm³/mol. The molecule has 0 saturated heterocycles. The minimum Gasteiger partial charge on any atom is -0.367 e. The lowest BCUT2D eigenvalue weighted by atomic mass is 10.1. The third-order valence-electron chi connectivity index (χ3n) is 3.87. The van der Waals surface area contributed by atoms with Crippen LogP contribution in [0.4, 0.5) is 10.1 Å². The summed E-state index contributed by atoms with van der Waals surface area (Å²) in [5, 5.41) is 0. The number of halogens is 2. The highest BCUT2D eigenvalue weighted by Crippen LogP contribution is 2.32. The number of carbonyl (C=O) groups is 1. The van der Waals surface area contributed by atoms with Gasteiger partial charge in [0.15, 0.2) is 5.78 Å². The van der Waals surface area contributed by atoms with Crippen molar-refractivity contribution in [1.29, 1.82) is 0 Å². The maximum Gasteiger partial charge on any atom is 0.159 e. The van der Waals surface area contributed by atoms with Crippen LogP contribution in [0.15, 0.2) is 40.9 Å². The van der Waals surface area contributed by atoms with Crippen LogP contribution in [0, 0.1) is 5.82 Å². The largest absolute Gasteiger partial charge is 0.367 e. The zero-order valence-corrected chi connectivity index (χ0v) is 13.3. The van der Waals surface area contributed by atoms with Crippen molar-refractivity contribution in [3.05, 3.63) is 63.4 Å². The van der Waals surface area contributed by atoms with Crippen molar-refractivity contribution in [3.8, 4) is 0 Å². The average molecular weight is 348 g/mol. The van der Waals surface area contributed by atoms with Crippen LogP contribution >= 0.6 is 15.9 Å². The van der Waals surface area contributed by atoms with Crippen LogP contribution in [0.5, 0.6) is 0 Å². The average Bonchev–Trinajstić information content (AvgIpc) is 2.86. The number of Topliss-reactive ketones (excluding diaryl/α,β-unsaturated/α-hetero) is 1. The summed E-state index contributed by atoms with van der Waals surface area (Å²) in [6.45, 7) is 3.13. The highest BCUT2D eigenvalue weighted by atomic mass is 79.9. The molecule has 0 fully saturated rings. The molecule has 2 aromatic carbocycles. The Balaban J connectivity index is 1.88. The van der Waals surface area contributed by atoms with Crippen molar-refractivity contribution < 1.29 is 9.18 Å². The zero-order chi connectivity index (χ0) is 15.0. The Bertz CT molecular complexity index is 714. The first-order chi connectivity index (χ1) is 10.1. The van der Waals surface area contributed by atoms with Crippen LogP contribution in [-0.4, -0.2) is 12.3 Å². The van der Waals surface area contributed by atoms with E-state index in [1.54, 1.807) is 13.0 Å². The fourth-order valence-corrected chi connectivity index (χ4v) is 3.12. The summed E-state index contributed by atoms with van der Waals surface area (Å²) in [4.78, 5) is 13.7. The molecule has 0 radical (unpaired) electrons. The van der Waals surface area contributed by atoms with Crippen LogP contribution in [0.25, 0.3) is 0 Å². The third kappa shape index (κ3) is 2.72. The molecular formula is C17H15BrFNO. The van der Waals surface area contributed by atoms with Gasteiger partial charge in [-0.15, -0.1) is 0 Å². The minimum atomic E-state index is -0.237. The van der Waals surface area contributed by atoms with Crippen molar-refractivity contribution in [2.24, 2.45) is 0 Å². The first-order valence-electron chi connectivity index (χ1n) is 6.88. The summed E-state index contributed by atoms with van der Waals surface area (Å²) in [5.74, 6) is -0.150. The van der Waals surface area contributed by atoms with E-state index in [-0.39, 0.29) is 11.6 Å². The Labute approximate surface area is 131 Å². The van der Waals surface area contributed by atoms with Gasteiger partial charge in [0.05, 0.1) is 4.47 Å². The van der Waals surface area contributed by atoms with Gasteiger partial charge in [0.1, 0.15) is 5.82 Å². The second kappa shape index (κ2) is 5.60. The summed E-state index contributed by atoms with van der Waals surface area (Å²) in [5.41, 5.74) is 4.01. The molecule has 0 aliphatic carbocycles. The van der Waals surface area contributed by atoms with Crippen molar-refractivity contribution in [3.63, 3.8) is 0 Å². The monoisotopic (exact) mass is 347 g/mol. The first kappa shape index (κ1) is 14.3. The van der Waals surface area contributed by atoms with Crippen LogP contribution in [0.1, 0.15) is 28.4 Å². The van der Waals surface area contributed by atoms with E-state index in [2.05, 4.69) is 20.8 Å². The Hall–Kier alpha value is -1.68. The van der Waals surface area contributed by atoms with Gasteiger partial charge in [-0.1, -0.05) is 12.1 Å². The molecular weight excluding hydrogens is 333 g/mol. The van der Waals surface area contributed by atoms with E-state index in [0.717, 1.165) is 29.8 Å². The lowest BCUT2D eigenvalue weighted by molar-refractivity contribution is 0.101. The smallest absolute Gasteiger partial charge is 0.159 e. The van der Waals surface area contributed by atoms with E-state index >= 15 is 0 Å². The van der Waals surface area contributed by atoms with Crippen molar-refractivity contribution in [2.45, 2.75) is 19.9 Å². The molecule has 0 aromatic heterocycles. The Morgan fingerprint density at radius 2 is 2.14 bits per heavy atom. The minimum absolute atomic E-state index is 0.0872. The fraction of sp³-hybridized carbons (Fsp3) is 0.235. The number of nitrogens with zero attached hydrogens (tertiary/aromatic N) is 1. The topological polar surface area (TPSA) is 20.3 Å². The molecule has 3 rings (SSSR count). The molecule has 0 spiro atoms. The molecule has 2 nitrogen and oxygen atoms in total. The van der Waals surface area contributed by atoms with Gasteiger partial charge in [-0.05, 0) is 64.7 Å². The Morgan fingerprint density at radius 3 is 2.90 bits per heavy atom. The number of hydrogen-bond donors (Lipinski definition) is 0. The van der Waals surface area contributed by atoms with Gasteiger partial charge >= 0.3 is 0 Å². The normalized spacial score (nSPS) is 13.4. The van der Waals surface area contributed by atoms with E-state index in [4.69, 9.17) is 0 Å². The number of anilines is 1. The van der Waals surface area contributed by atoms with E-state index in [1.165, 1.54) is 11.6 Å². The third-order valence-corrected chi connectivity index (χ3v) is 4.76. The maximum atomic E-state index is 13.6. The first-order valence-corrected chi connectivity index (χ1v) is 7.67. The van der Waals surface area contributed by atoms with Gasteiger partial charge in [-0.2, -0.15) is 0 Å². The zero-order valence-electron chi connectivity index (χ0n) is 11.7. The molecule has 108 valence electrons. The van der Waals surface area contributed by atoms with Crippen LogP contribution in [0.3, 0.4) is 0 Å². The number of benzene rings is 2. The Kier molecular flexibility index (Phi) is 3.81. The molecule has 2 aromatic rings. The summed E-state index contributed by atoms with van der Waals surface area (Å²) in [6.07, 6.45) is 0.920. The highest BCUT2D eigenvalue weighted by Gasteiger charge is 2.21. The second-order valence-electron chi connectivity index (χ2n) is 5.28. The van der Waals surface area contributed by atoms with Crippen molar-refractivity contribution >= 4 is 27.4 Å². The standard InChI is InChI=1S/C17H15BrFNO/c1-11(21)12-5-6-16-13(9-12)7-8-20(16)10-14-3-2-4-15(19)17(14)18/h2-6,9H,7-8,10H2,1H3. The van der Waals surface area contributed by atoms with Gasteiger partial charge in [0, 0.05) is 24.3 Å². The van der Waals surface area contributed by atoms with E-state index in [0.29, 0.717) is 11.0 Å². The molecule has 0 bridgehead atoms. The summed E-state index contributed by atoms with van der Waals surface area (Å²) in [6, 6.07) is 10.9. The number of carbonyl (C=O) groups excluding carboxylic acids is 1. The van der Waals surface area contributed by atoms with E-state index in [1.807, 2.05) is 24.3 Å². The molecule has 4 heteroatoms. The highest BCUT2D eigenvalue weighted by molar-refractivity contribution is 9.10. The lowest BCUT2D eigenvalue weighted by Crippen LogP contribution is -2.20. The van der Waals surface area contributed by atoms with Crippen molar-refractivity contribution in [2.75, 3.05) is 11.4 Å². The molecule has 1 aliphatic heterocycles. The molecule has 0 atom stereocenters. The maximum absolute atomic E-state index is 13.6. The second-order valence-corrected chi connectivity index (χ2v) is 6.08. The molecule has 1 heterocycles. The fourth-order valence-electron chi connectivity index (χ4n) is 2.73. The van der Waals surface area contributed by atoms with Crippen LogP contribution in [-0.2, 0) is 13.0 Å². The van der Waals surface area contributed by atoms with E-state index in [9.17, 15) is 9.18 Å². The lowest BCUT2D eigenvalue weighted by Gasteiger charge is -2.20. The molecule has 0 N–H and O–H groups in total. The SMILES string of the molecule is CC(=O)c1ccc2c(c1)CCN2Cc1cccc(F)c1Br. The number of ketones is 1. The predicted octanol–water partition coefficient (Wildman–Crippen LogP) is 4.35. The Morgan fingerprint density at radius 1 is 1.33 bits per heavy atom. The number of fused-ring (bicyclic) bond motifs is 1. The number of hydrogen-bond acceptors (Lipinski definition) is 2. The molecule has 1 aliphatic rings. The molecule has 0 unspecified atom stereocenters. The van der Waals surface area contributed by atoms with Gasteiger partial charge < -0.3 is 4.90 Å². The molecule has 0 saturated carbocycles.